The number of likely N-dealkylation sites (tertiary alicyclic amines) is 1. The quantitative estimate of drug-likeness (QED) is 0.270. The Kier molecular flexibility index (Phi) is 7.77. The largest absolute Gasteiger partial charge is 0.488 e. The van der Waals surface area contributed by atoms with Gasteiger partial charge in [0.15, 0.2) is 20.7 Å². The van der Waals surface area contributed by atoms with Crippen LogP contribution in [0.15, 0.2) is 29.6 Å². The van der Waals surface area contributed by atoms with Crippen LogP contribution in [0.5, 0.6) is 5.75 Å². The SMILES string of the molecule is Cc1cc(Nc2ncc(Cl)c(Nc3cn[nH]c3S(=O)(=O)C(C)C)n2)c(OC2CC2)cc1C1CCN(C(=O)C2CC2)CC1. The molecule has 2 aliphatic carbocycles. The molecule has 3 N–H and O–H groups in total. The highest BCUT2D eigenvalue weighted by Crippen LogP contribution is 2.41. The van der Waals surface area contributed by atoms with Gasteiger partial charge >= 0.3 is 0 Å². The first-order chi connectivity index (χ1) is 20.1. The second kappa shape index (κ2) is 11.4. The number of benzene rings is 1. The number of H-pyrrole nitrogens is 1. The molecule has 3 aliphatic rings. The number of sulfone groups is 1. The summed E-state index contributed by atoms with van der Waals surface area (Å²) in [4.78, 5) is 23.5. The van der Waals surface area contributed by atoms with E-state index in [1.807, 2.05) is 4.90 Å². The van der Waals surface area contributed by atoms with Crippen LogP contribution in [-0.2, 0) is 14.6 Å². The van der Waals surface area contributed by atoms with Crippen LogP contribution in [-0.4, -0.2) is 63.8 Å². The third-order valence-corrected chi connectivity index (χ3v) is 10.5. The van der Waals surface area contributed by atoms with Gasteiger partial charge in [-0.15, -0.1) is 0 Å². The lowest BCUT2D eigenvalue weighted by Crippen LogP contribution is -2.38. The van der Waals surface area contributed by atoms with E-state index in [4.69, 9.17) is 16.3 Å². The van der Waals surface area contributed by atoms with Gasteiger partial charge in [0.2, 0.25) is 11.9 Å². The zero-order valence-corrected chi connectivity index (χ0v) is 25.6. The Labute approximate surface area is 250 Å². The number of aryl methyl sites for hydroxylation is 1. The van der Waals surface area contributed by atoms with E-state index in [1.165, 1.54) is 18.0 Å². The van der Waals surface area contributed by atoms with Gasteiger partial charge in [0, 0.05) is 19.0 Å². The van der Waals surface area contributed by atoms with E-state index < -0.39 is 15.1 Å². The van der Waals surface area contributed by atoms with Gasteiger partial charge < -0.3 is 20.3 Å². The molecule has 3 fully saturated rings. The smallest absolute Gasteiger partial charge is 0.229 e. The van der Waals surface area contributed by atoms with Crippen molar-refractivity contribution in [3.05, 3.63) is 40.7 Å². The molecule has 2 saturated carbocycles. The van der Waals surface area contributed by atoms with Gasteiger partial charge in [-0.3, -0.25) is 9.89 Å². The van der Waals surface area contributed by atoms with Crippen LogP contribution in [0.2, 0.25) is 5.02 Å². The van der Waals surface area contributed by atoms with Crippen LogP contribution in [0.4, 0.5) is 23.1 Å². The zero-order chi connectivity index (χ0) is 29.6. The Hall–Kier alpha value is -3.38. The Morgan fingerprint density at radius 3 is 2.48 bits per heavy atom. The molecule has 3 aromatic rings. The Bertz CT molecular complexity index is 1590. The summed E-state index contributed by atoms with van der Waals surface area (Å²) >= 11 is 6.39. The average Bonchev–Trinajstić information content (AvgIpc) is 3.90. The van der Waals surface area contributed by atoms with Crippen molar-refractivity contribution in [3.63, 3.8) is 0 Å². The Morgan fingerprint density at radius 2 is 1.81 bits per heavy atom. The number of carbonyl (C=O) groups is 1. The molecule has 0 bridgehead atoms. The van der Waals surface area contributed by atoms with Gasteiger partial charge in [-0.05, 0) is 88.5 Å². The van der Waals surface area contributed by atoms with E-state index in [9.17, 15) is 13.2 Å². The highest BCUT2D eigenvalue weighted by atomic mass is 35.5. The third kappa shape index (κ3) is 6.05. The summed E-state index contributed by atoms with van der Waals surface area (Å²) in [6, 6.07) is 4.19. The fourth-order valence-electron chi connectivity index (χ4n) is 5.28. The van der Waals surface area contributed by atoms with Crippen LogP contribution < -0.4 is 15.4 Å². The van der Waals surface area contributed by atoms with Crippen LogP contribution in [0, 0.1) is 12.8 Å². The second-order valence-electron chi connectivity index (χ2n) is 11.7. The number of aromatic amines is 1. The van der Waals surface area contributed by atoms with Gasteiger partial charge in [-0.2, -0.15) is 10.1 Å². The lowest BCUT2D eigenvalue weighted by molar-refractivity contribution is -0.133. The predicted molar refractivity (Wildman–Crippen MR) is 161 cm³/mol. The minimum Gasteiger partial charge on any atom is -0.488 e. The highest BCUT2D eigenvalue weighted by molar-refractivity contribution is 7.92. The maximum absolute atomic E-state index is 12.8. The number of hydrogen-bond donors (Lipinski definition) is 3. The third-order valence-electron chi connectivity index (χ3n) is 8.11. The second-order valence-corrected chi connectivity index (χ2v) is 14.6. The first kappa shape index (κ1) is 28.7. The summed E-state index contributed by atoms with van der Waals surface area (Å²) in [5, 5.41) is 12.3. The van der Waals surface area contributed by atoms with Gasteiger partial charge in [0.1, 0.15) is 10.8 Å². The minimum atomic E-state index is -3.61. The molecule has 1 amide bonds. The summed E-state index contributed by atoms with van der Waals surface area (Å²) < 4.78 is 31.8. The van der Waals surface area contributed by atoms with E-state index >= 15 is 0 Å². The lowest BCUT2D eigenvalue weighted by atomic mass is 9.86. The number of amides is 1. The summed E-state index contributed by atoms with van der Waals surface area (Å²) in [5.74, 6) is 2.19. The van der Waals surface area contributed by atoms with Crippen LogP contribution in [0.1, 0.15) is 69.4 Å². The fraction of sp³-hybridized carbons (Fsp3) is 0.517. The molecule has 1 aromatic carbocycles. The van der Waals surface area contributed by atoms with E-state index in [0.29, 0.717) is 11.8 Å². The van der Waals surface area contributed by atoms with Crippen LogP contribution in [0.25, 0.3) is 0 Å². The van der Waals surface area contributed by atoms with Crippen molar-refractivity contribution >= 4 is 50.5 Å². The minimum absolute atomic E-state index is 0.0317. The molecule has 0 radical (unpaired) electrons. The maximum Gasteiger partial charge on any atom is 0.229 e. The monoisotopic (exact) mass is 613 g/mol. The molecule has 1 aliphatic heterocycles. The summed E-state index contributed by atoms with van der Waals surface area (Å²) in [5.41, 5.74) is 3.36. The van der Waals surface area contributed by atoms with Crippen molar-refractivity contribution in [2.45, 2.75) is 81.6 Å². The normalized spacial score (nSPS) is 17.9. The average molecular weight is 614 g/mol. The molecule has 13 heteroatoms. The summed E-state index contributed by atoms with van der Waals surface area (Å²) in [7, 11) is -3.61. The van der Waals surface area contributed by atoms with Crippen molar-refractivity contribution in [3.8, 4) is 5.75 Å². The van der Waals surface area contributed by atoms with Crippen molar-refractivity contribution in [2.24, 2.45) is 5.92 Å². The molecule has 224 valence electrons. The molecule has 11 nitrogen and oxygen atoms in total. The van der Waals surface area contributed by atoms with Gasteiger partial charge in [0.05, 0.1) is 35.1 Å². The lowest BCUT2D eigenvalue weighted by Gasteiger charge is -2.33. The van der Waals surface area contributed by atoms with E-state index in [2.05, 4.69) is 49.9 Å². The Balaban J connectivity index is 1.22. The van der Waals surface area contributed by atoms with Gasteiger partial charge in [-0.25, -0.2) is 13.4 Å². The van der Waals surface area contributed by atoms with Gasteiger partial charge in [0.25, 0.3) is 0 Å². The molecule has 0 spiro atoms. The van der Waals surface area contributed by atoms with E-state index in [0.717, 1.165) is 68.6 Å². The number of ether oxygens (including phenoxy) is 1. The molecular formula is C29H36ClN7O4S. The first-order valence-corrected chi connectivity index (χ1v) is 16.5. The van der Waals surface area contributed by atoms with Crippen molar-refractivity contribution in [1.29, 1.82) is 0 Å². The van der Waals surface area contributed by atoms with Crippen molar-refractivity contribution < 1.29 is 17.9 Å². The molecule has 0 unspecified atom stereocenters. The predicted octanol–water partition coefficient (Wildman–Crippen LogP) is 5.49. The summed E-state index contributed by atoms with van der Waals surface area (Å²) in [6.07, 6.45) is 9.00. The molecule has 6 rings (SSSR count). The molecule has 2 aromatic heterocycles. The number of carbonyl (C=O) groups excluding carboxylic acids is 1. The zero-order valence-electron chi connectivity index (χ0n) is 24.0. The molecular weight excluding hydrogens is 578 g/mol. The number of aromatic nitrogens is 4. The Morgan fingerprint density at radius 1 is 1.07 bits per heavy atom. The number of anilines is 4. The number of hydrogen-bond acceptors (Lipinski definition) is 9. The summed E-state index contributed by atoms with van der Waals surface area (Å²) in [6.45, 7) is 6.89. The molecule has 1 saturated heterocycles. The van der Waals surface area contributed by atoms with Gasteiger partial charge in [-0.1, -0.05) is 11.6 Å². The highest BCUT2D eigenvalue weighted by Gasteiger charge is 2.35. The number of nitrogens with one attached hydrogen (secondary N) is 3. The molecule has 3 heterocycles. The molecule has 42 heavy (non-hydrogen) atoms. The van der Waals surface area contributed by atoms with Crippen molar-refractivity contribution in [1.82, 2.24) is 25.1 Å². The van der Waals surface area contributed by atoms with Crippen molar-refractivity contribution in [2.75, 3.05) is 23.7 Å². The first-order valence-electron chi connectivity index (χ1n) is 14.5. The van der Waals surface area contributed by atoms with Crippen LogP contribution in [0.3, 0.4) is 0 Å². The van der Waals surface area contributed by atoms with E-state index in [1.54, 1.807) is 13.8 Å². The topological polar surface area (TPSA) is 142 Å². The number of rotatable bonds is 10. The molecule has 0 atom stereocenters. The number of halogens is 1. The standard InChI is InChI=1S/C29H36ClN7O4S/c1-16(2)42(39,40)27-24(15-32-36-27)33-26-22(30)14-31-29(35-26)34-23-12-17(3)21(13-25(23)41-20-6-7-20)18-8-10-37(11-9-18)28(38)19-4-5-19/h12-16,18-20H,4-11H2,1-3H3,(H,32,36)(H2,31,33,34,35). The fourth-order valence-corrected chi connectivity index (χ4v) is 6.48. The maximum atomic E-state index is 12.8. The van der Waals surface area contributed by atoms with Crippen LogP contribution >= 0.6 is 11.6 Å². The number of piperidine rings is 1. The van der Waals surface area contributed by atoms with E-state index in [-0.39, 0.29) is 39.5 Å². The number of nitrogens with zero attached hydrogens (tertiary/aromatic N) is 4.